The number of rotatable bonds is 8. The molecule has 0 aliphatic heterocycles. The lowest BCUT2D eigenvalue weighted by Gasteiger charge is -2.22. The zero-order valence-electron chi connectivity index (χ0n) is 18.4. The number of hydrogen-bond donors (Lipinski definition) is 1. The number of halogens is 2. The average Bonchev–Trinajstić information content (AvgIpc) is 2.80. The smallest absolute Gasteiger partial charge is 0.227 e. The molecule has 6 nitrogen and oxygen atoms in total. The van der Waals surface area contributed by atoms with Crippen LogP contribution in [0, 0.1) is 6.92 Å². The molecule has 1 amide bonds. The third-order valence-electron chi connectivity index (χ3n) is 5.18. The summed E-state index contributed by atoms with van der Waals surface area (Å²) < 4.78 is 11.3. The van der Waals surface area contributed by atoms with Crippen LogP contribution in [-0.4, -0.2) is 29.6 Å². The molecule has 1 N–H and O–H groups in total. The number of ether oxygens (including phenoxy) is 2. The van der Waals surface area contributed by atoms with Gasteiger partial charge in [-0.15, -0.1) is 0 Å². The van der Waals surface area contributed by atoms with Gasteiger partial charge in [0.05, 0.1) is 31.9 Å². The fourth-order valence-electron chi connectivity index (χ4n) is 3.40. The Balaban J connectivity index is 1.98. The van der Waals surface area contributed by atoms with Gasteiger partial charge in [0.2, 0.25) is 5.91 Å². The van der Waals surface area contributed by atoms with Gasteiger partial charge in [-0.25, -0.2) is 4.98 Å². The maximum absolute atomic E-state index is 13.0. The van der Waals surface area contributed by atoms with Gasteiger partial charge in [-0.2, -0.15) is 0 Å². The SMILES string of the molecule is CCOc1c(C(C)C(=O)NCc2nccnc2Cl)cc(Cl)c(C)c1-c1ccc(OC)cc1. The Morgan fingerprint density at radius 2 is 1.84 bits per heavy atom. The van der Waals surface area contributed by atoms with Crippen LogP contribution in [0.4, 0.5) is 0 Å². The van der Waals surface area contributed by atoms with Crippen LogP contribution in [0.1, 0.15) is 36.6 Å². The molecule has 168 valence electrons. The summed E-state index contributed by atoms with van der Waals surface area (Å²) >= 11 is 12.6. The van der Waals surface area contributed by atoms with E-state index in [-0.39, 0.29) is 17.6 Å². The van der Waals surface area contributed by atoms with Crippen molar-refractivity contribution in [1.82, 2.24) is 15.3 Å². The summed E-state index contributed by atoms with van der Waals surface area (Å²) in [6, 6.07) is 9.46. The summed E-state index contributed by atoms with van der Waals surface area (Å²) in [5, 5.41) is 3.70. The number of carbonyl (C=O) groups excluding carboxylic acids is 1. The molecule has 3 rings (SSSR count). The van der Waals surface area contributed by atoms with E-state index in [9.17, 15) is 4.79 Å². The van der Waals surface area contributed by atoms with Crippen LogP contribution in [0.5, 0.6) is 11.5 Å². The number of methoxy groups -OCH3 is 1. The van der Waals surface area contributed by atoms with Crippen LogP contribution in [0.2, 0.25) is 10.2 Å². The van der Waals surface area contributed by atoms with Crippen LogP contribution in [0.25, 0.3) is 11.1 Å². The number of hydrogen-bond acceptors (Lipinski definition) is 5. The lowest BCUT2D eigenvalue weighted by atomic mass is 9.90. The van der Waals surface area contributed by atoms with Crippen molar-refractivity contribution in [2.75, 3.05) is 13.7 Å². The van der Waals surface area contributed by atoms with Crippen molar-refractivity contribution >= 4 is 29.1 Å². The first-order valence-corrected chi connectivity index (χ1v) is 11.0. The summed E-state index contributed by atoms with van der Waals surface area (Å²) in [6.07, 6.45) is 3.03. The van der Waals surface area contributed by atoms with Crippen LogP contribution >= 0.6 is 23.2 Å². The molecular weight excluding hydrogens is 449 g/mol. The van der Waals surface area contributed by atoms with Gasteiger partial charge < -0.3 is 14.8 Å². The second-order valence-corrected chi connectivity index (χ2v) is 7.94. The summed E-state index contributed by atoms with van der Waals surface area (Å²) in [7, 11) is 1.62. The maximum Gasteiger partial charge on any atom is 0.227 e. The van der Waals surface area contributed by atoms with Gasteiger partial charge in [0.1, 0.15) is 11.5 Å². The highest BCUT2D eigenvalue weighted by Crippen LogP contribution is 2.43. The van der Waals surface area contributed by atoms with Crippen LogP contribution in [0.3, 0.4) is 0 Å². The fourth-order valence-corrected chi connectivity index (χ4v) is 3.79. The third kappa shape index (κ3) is 5.14. The summed E-state index contributed by atoms with van der Waals surface area (Å²) in [5.41, 5.74) is 3.86. The lowest BCUT2D eigenvalue weighted by Crippen LogP contribution is -2.28. The predicted octanol–water partition coefficient (Wildman–Crippen LogP) is 5.59. The first-order chi connectivity index (χ1) is 15.4. The second-order valence-electron chi connectivity index (χ2n) is 7.17. The van der Waals surface area contributed by atoms with Gasteiger partial charge in [-0.05, 0) is 50.1 Å². The molecule has 0 radical (unpaired) electrons. The van der Waals surface area contributed by atoms with E-state index in [0.29, 0.717) is 28.6 Å². The van der Waals surface area contributed by atoms with Crippen molar-refractivity contribution in [3.63, 3.8) is 0 Å². The Kier molecular flexibility index (Phi) is 7.94. The molecule has 32 heavy (non-hydrogen) atoms. The standard InChI is InChI=1S/C24H25Cl2N3O3/c1-5-32-22-18(14(2)24(30)29-13-20-23(26)28-11-10-27-20)12-19(25)15(3)21(22)16-6-8-17(31-4)9-7-16/h6-12,14H,5,13H2,1-4H3,(H,29,30). The van der Waals surface area contributed by atoms with Crippen molar-refractivity contribution < 1.29 is 14.3 Å². The van der Waals surface area contributed by atoms with Crippen LogP contribution < -0.4 is 14.8 Å². The minimum Gasteiger partial charge on any atom is -0.497 e. The topological polar surface area (TPSA) is 73.3 Å². The second kappa shape index (κ2) is 10.7. The molecule has 1 aromatic heterocycles. The van der Waals surface area contributed by atoms with Crippen molar-refractivity contribution in [3.05, 3.63) is 69.7 Å². The van der Waals surface area contributed by atoms with E-state index in [4.69, 9.17) is 32.7 Å². The molecule has 2 aromatic carbocycles. The third-order valence-corrected chi connectivity index (χ3v) is 5.89. The summed E-state index contributed by atoms with van der Waals surface area (Å²) in [6.45, 7) is 6.28. The van der Waals surface area contributed by atoms with Crippen molar-refractivity contribution in [1.29, 1.82) is 0 Å². The van der Waals surface area contributed by atoms with E-state index in [2.05, 4.69) is 15.3 Å². The Labute approximate surface area is 197 Å². The Morgan fingerprint density at radius 1 is 1.16 bits per heavy atom. The average molecular weight is 474 g/mol. The highest BCUT2D eigenvalue weighted by molar-refractivity contribution is 6.32. The molecule has 0 spiro atoms. The molecule has 1 atom stereocenters. The van der Waals surface area contributed by atoms with Gasteiger partial charge in [0, 0.05) is 28.5 Å². The van der Waals surface area contributed by atoms with Gasteiger partial charge in [0.15, 0.2) is 5.15 Å². The molecule has 0 saturated heterocycles. The normalized spacial score (nSPS) is 11.7. The van der Waals surface area contributed by atoms with Crippen molar-refractivity contribution in [2.24, 2.45) is 0 Å². The minimum absolute atomic E-state index is 0.171. The van der Waals surface area contributed by atoms with E-state index < -0.39 is 5.92 Å². The van der Waals surface area contributed by atoms with Crippen molar-refractivity contribution in [2.45, 2.75) is 33.2 Å². The van der Waals surface area contributed by atoms with Gasteiger partial charge in [-0.1, -0.05) is 35.3 Å². The molecule has 0 saturated carbocycles. The molecule has 0 aliphatic rings. The van der Waals surface area contributed by atoms with E-state index in [1.165, 1.54) is 12.4 Å². The van der Waals surface area contributed by atoms with Gasteiger partial charge in [0.25, 0.3) is 0 Å². The van der Waals surface area contributed by atoms with Gasteiger partial charge in [-0.3, -0.25) is 9.78 Å². The van der Waals surface area contributed by atoms with E-state index in [0.717, 1.165) is 22.4 Å². The first kappa shape index (κ1) is 23.8. The highest BCUT2D eigenvalue weighted by atomic mass is 35.5. The molecule has 1 heterocycles. The number of benzene rings is 2. The van der Waals surface area contributed by atoms with E-state index in [1.807, 2.05) is 45.0 Å². The monoisotopic (exact) mass is 473 g/mol. The minimum atomic E-state index is -0.526. The lowest BCUT2D eigenvalue weighted by molar-refractivity contribution is -0.122. The Hall–Kier alpha value is -2.83. The van der Waals surface area contributed by atoms with Crippen LogP contribution in [-0.2, 0) is 11.3 Å². The number of aromatic nitrogens is 2. The Bertz CT molecular complexity index is 1100. The Morgan fingerprint density at radius 3 is 2.47 bits per heavy atom. The van der Waals surface area contributed by atoms with E-state index >= 15 is 0 Å². The molecular formula is C24H25Cl2N3O3. The number of amides is 1. The largest absolute Gasteiger partial charge is 0.497 e. The summed E-state index contributed by atoms with van der Waals surface area (Å²) in [4.78, 5) is 21.1. The maximum atomic E-state index is 13.0. The zero-order valence-corrected chi connectivity index (χ0v) is 19.9. The van der Waals surface area contributed by atoms with E-state index in [1.54, 1.807) is 13.2 Å². The van der Waals surface area contributed by atoms with Crippen LogP contribution in [0.15, 0.2) is 42.7 Å². The molecule has 3 aromatic rings. The number of carbonyl (C=O) groups is 1. The fraction of sp³-hybridized carbons (Fsp3) is 0.292. The molecule has 0 fully saturated rings. The zero-order chi connectivity index (χ0) is 23.3. The first-order valence-electron chi connectivity index (χ1n) is 10.2. The highest BCUT2D eigenvalue weighted by Gasteiger charge is 2.25. The predicted molar refractivity (Wildman–Crippen MR) is 127 cm³/mol. The molecule has 0 bridgehead atoms. The van der Waals surface area contributed by atoms with Gasteiger partial charge >= 0.3 is 0 Å². The molecule has 1 unspecified atom stereocenters. The van der Waals surface area contributed by atoms with Crippen molar-refractivity contribution in [3.8, 4) is 22.6 Å². The number of nitrogens with one attached hydrogen (secondary N) is 1. The number of nitrogens with zero attached hydrogens (tertiary/aromatic N) is 2. The molecule has 8 heteroatoms. The quantitative estimate of drug-likeness (QED) is 0.461. The summed E-state index contributed by atoms with van der Waals surface area (Å²) in [5.74, 6) is 0.664. The molecule has 0 aliphatic carbocycles.